The highest BCUT2D eigenvalue weighted by molar-refractivity contribution is 5.57. The van der Waals surface area contributed by atoms with Gasteiger partial charge >= 0.3 is 0 Å². The van der Waals surface area contributed by atoms with Crippen LogP contribution in [0.1, 0.15) is 34.2 Å². The first-order chi connectivity index (χ1) is 13.5. The number of aryl methyl sites for hydroxylation is 1. The Balaban J connectivity index is 1.97. The number of nitrogens with one attached hydrogen (secondary N) is 2. The van der Waals surface area contributed by atoms with E-state index < -0.39 is 23.6 Å². The third-order valence-electron chi connectivity index (χ3n) is 5.10. The zero-order valence-electron chi connectivity index (χ0n) is 15.1. The molecule has 3 atom stereocenters. The molecule has 1 aromatic heterocycles. The molecule has 0 saturated carbocycles. The van der Waals surface area contributed by atoms with Gasteiger partial charge in [0, 0.05) is 4.92 Å². The second kappa shape index (κ2) is 6.80. The molecule has 8 heteroatoms. The normalized spacial score (nSPS) is 20.8. The SMILES string of the molecule is Cc1ccc([C@@H]2Nc3nc(N)[nH]c(=O)c3[C@@H](c3ccccc3)[C@@H]2[N+](=O)[O-])cc1. The summed E-state index contributed by atoms with van der Waals surface area (Å²) in [6, 6.07) is 14.8. The van der Waals surface area contributed by atoms with Crippen molar-refractivity contribution in [1.29, 1.82) is 0 Å². The van der Waals surface area contributed by atoms with Crippen LogP contribution in [-0.4, -0.2) is 20.9 Å². The minimum atomic E-state index is -1.09. The highest BCUT2D eigenvalue weighted by Crippen LogP contribution is 2.43. The number of anilines is 2. The average molecular weight is 377 g/mol. The van der Waals surface area contributed by atoms with Crippen molar-refractivity contribution in [3.63, 3.8) is 0 Å². The summed E-state index contributed by atoms with van der Waals surface area (Å²) in [4.78, 5) is 31.2. The molecule has 4 rings (SSSR count). The van der Waals surface area contributed by atoms with E-state index in [0.717, 1.165) is 11.1 Å². The largest absolute Gasteiger partial charge is 0.369 e. The van der Waals surface area contributed by atoms with Gasteiger partial charge in [-0.15, -0.1) is 0 Å². The molecule has 0 fully saturated rings. The van der Waals surface area contributed by atoms with Gasteiger partial charge in [0.15, 0.2) is 0 Å². The van der Waals surface area contributed by atoms with Crippen molar-refractivity contribution in [3.05, 3.63) is 97.3 Å². The predicted octanol–water partition coefficient (Wildman–Crippen LogP) is 2.60. The van der Waals surface area contributed by atoms with E-state index in [-0.39, 0.29) is 22.3 Å². The van der Waals surface area contributed by atoms with E-state index in [1.807, 2.05) is 37.3 Å². The number of nitrogens with two attached hydrogens (primary N) is 1. The Kier molecular flexibility index (Phi) is 4.31. The van der Waals surface area contributed by atoms with Crippen LogP contribution in [0.15, 0.2) is 59.4 Å². The fourth-order valence-electron chi connectivity index (χ4n) is 3.82. The molecule has 0 saturated heterocycles. The van der Waals surface area contributed by atoms with E-state index >= 15 is 0 Å². The number of nitro groups is 1. The van der Waals surface area contributed by atoms with Gasteiger partial charge in [0.25, 0.3) is 5.56 Å². The molecular weight excluding hydrogens is 358 g/mol. The number of hydrogen-bond donors (Lipinski definition) is 3. The maximum atomic E-state index is 12.7. The van der Waals surface area contributed by atoms with Crippen LogP contribution < -0.4 is 16.6 Å². The third kappa shape index (κ3) is 2.98. The molecule has 0 radical (unpaired) electrons. The smallest absolute Gasteiger partial charge is 0.258 e. The quantitative estimate of drug-likeness (QED) is 0.476. The molecule has 0 spiro atoms. The molecule has 1 aliphatic heterocycles. The van der Waals surface area contributed by atoms with Crippen LogP contribution in [0.5, 0.6) is 0 Å². The maximum Gasteiger partial charge on any atom is 0.258 e. The van der Waals surface area contributed by atoms with Crippen LogP contribution in [0.4, 0.5) is 11.8 Å². The van der Waals surface area contributed by atoms with Gasteiger partial charge in [-0.1, -0.05) is 60.2 Å². The van der Waals surface area contributed by atoms with E-state index in [2.05, 4.69) is 15.3 Å². The monoisotopic (exact) mass is 377 g/mol. The number of hydrogen-bond acceptors (Lipinski definition) is 6. The molecule has 2 aromatic carbocycles. The van der Waals surface area contributed by atoms with Crippen LogP contribution in [0.3, 0.4) is 0 Å². The first-order valence-corrected chi connectivity index (χ1v) is 8.87. The number of rotatable bonds is 3. The Labute approximate surface area is 160 Å². The molecule has 0 unspecified atom stereocenters. The molecule has 0 amide bonds. The van der Waals surface area contributed by atoms with Gasteiger partial charge < -0.3 is 11.1 Å². The molecule has 3 aromatic rings. The second-order valence-corrected chi connectivity index (χ2v) is 6.91. The Morgan fingerprint density at radius 2 is 1.75 bits per heavy atom. The molecular formula is C20H19N5O3. The zero-order valence-corrected chi connectivity index (χ0v) is 15.1. The number of nitrogens with zero attached hydrogens (tertiary/aromatic N) is 2. The predicted molar refractivity (Wildman–Crippen MR) is 106 cm³/mol. The van der Waals surface area contributed by atoms with Gasteiger partial charge in [-0.25, -0.2) is 0 Å². The van der Waals surface area contributed by atoms with E-state index in [0.29, 0.717) is 5.56 Å². The average Bonchev–Trinajstić information content (AvgIpc) is 2.67. The topological polar surface area (TPSA) is 127 Å². The van der Waals surface area contributed by atoms with Gasteiger partial charge in [0.1, 0.15) is 11.9 Å². The van der Waals surface area contributed by atoms with Gasteiger partial charge in [0.2, 0.25) is 12.0 Å². The van der Waals surface area contributed by atoms with Crippen molar-refractivity contribution in [3.8, 4) is 0 Å². The number of fused-ring (bicyclic) bond motifs is 1. The van der Waals surface area contributed by atoms with Crippen molar-refractivity contribution in [2.45, 2.75) is 24.9 Å². The van der Waals surface area contributed by atoms with Crippen molar-refractivity contribution in [1.82, 2.24) is 9.97 Å². The third-order valence-corrected chi connectivity index (χ3v) is 5.10. The number of aromatic amines is 1. The van der Waals surface area contributed by atoms with Crippen LogP contribution in [0.25, 0.3) is 0 Å². The summed E-state index contributed by atoms with van der Waals surface area (Å²) in [5, 5.41) is 15.3. The van der Waals surface area contributed by atoms with Gasteiger partial charge in [-0.2, -0.15) is 4.98 Å². The summed E-state index contributed by atoms with van der Waals surface area (Å²) in [6.07, 6.45) is 0. The number of aromatic nitrogens is 2. The highest BCUT2D eigenvalue weighted by Gasteiger charge is 2.48. The first kappa shape index (κ1) is 17.7. The summed E-state index contributed by atoms with van der Waals surface area (Å²) in [5.74, 6) is -0.528. The number of H-pyrrole nitrogens is 1. The minimum absolute atomic E-state index is 0.0368. The van der Waals surface area contributed by atoms with Gasteiger partial charge in [-0.05, 0) is 18.1 Å². The lowest BCUT2D eigenvalue weighted by Gasteiger charge is -2.34. The van der Waals surface area contributed by atoms with Crippen molar-refractivity contribution >= 4 is 11.8 Å². The summed E-state index contributed by atoms with van der Waals surface area (Å²) in [5.41, 5.74) is 7.96. The summed E-state index contributed by atoms with van der Waals surface area (Å²) in [6.45, 7) is 1.95. The fraction of sp³-hybridized carbons (Fsp3) is 0.200. The van der Waals surface area contributed by atoms with Crippen LogP contribution >= 0.6 is 0 Å². The molecule has 0 bridgehead atoms. The molecule has 142 valence electrons. The number of benzene rings is 2. The summed E-state index contributed by atoms with van der Waals surface area (Å²) in [7, 11) is 0. The summed E-state index contributed by atoms with van der Waals surface area (Å²) < 4.78 is 0. The lowest BCUT2D eigenvalue weighted by atomic mass is 9.78. The van der Waals surface area contributed by atoms with Crippen LogP contribution in [0, 0.1) is 17.0 Å². The van der Waals surface area contributed by atoms with Gasteiger partial charge in [-0.3, -0.25) is 19.9 Å². The molecule has 28 heavy (non-hydrogen) atoms. The lowest BCUT2D eigenvalue weighted by Crippen LogP contribution is -2.45. The van der Waals surface area contributed by atoms with Gasteiger partial charge in [0.05, 0.1) is 11.5 Å². The van der Waals surface area contributed by atoms with E-state index in [1.165, 1.54) is 0 Å². The standard InChI is InChI=1S/C20H19N5O3/c1-11-7-9-13(10-8-11)16-17(25(27)28)14(12-5-3-2-4-6-12)15-18(22-16)23-20(21)24-19(15)26/h2-10,14,16-17H,1H3,(H4,21,22,23,24,26)/t14-,16+,17+/m1/s1. The van der Waals surface area contributed by atoms with E-state index in [9.17, 15) is 14.9 Å². The maximum absolute atomic E-state index is 12.7. The molecule has 8 nitrogen and oxygen atoms in total. The van der Waals surface area contributed by atoms with E-state index in [4.69, 9.17) is 5.73 Å². The summed E-state index contributed by atoms with van der Waals surface area (Å²) >= 11 is 0. The first-order valence-electron chi connectivity index (χ1n) is 8.87. The molecule has 2 heterocycles. The Morgan fingerprint density at radius 1 is 1.07 bits per heavy atom. The fourth-order valence-corrected chi connectivity index (χ4v) is 3.82. The highest BCUT2D eigenvalue weighted by atomic mass is 16.6. The Bertz CT molecular complexity index is 1080. The Hall–Kier alpha value is -3.68. The van der Waals surface area contributed by atoms with Crippen molar-refractivity contribution in [2.24, 2.45) is 0 Å². The second-order valence-electron chi connectivity index (χ2n) is 6.91. The van der Waals surface area contributed by atoms with Crippen molar-refractivity contribution in [2.75, 3.05) is 11.1 Å². The number of nitrogen functional groups attached to an aromatic ring is 1. The van der Waals surface area contributed by atoms with Crippen molar-refractivity contribution < 1.29 is 4.92 Å². The minimum Gasteiger partial charge on any atom is -0.369 e. The molecule has 4 N–H and O–H groups in total. The van der Waals surface area contributed by atoms with E-state index in [1.54, 1.807) is 24.3 Å². The Morgan fingerprint density at radius 3 is 2.39 bits per heavy atom. The lowest BCUT2D eigenvalue weighted by molar-refractivity contribution is -0.529. The molecule has 1 aliphatic rings. The zero-order chi connectivity index (χ0) is 19.8. The van der Waals surface area contributed by atoms with Crippen LogP contribution in [-0.2, 0) is 0 Å². The molecule has 0 aliphatic carbocycles. The van der Waals surface area contributed by atoms with Crippen LogP contribution in [0.2, 0.25) is 0 Å².